The first kappa shape index (κ1) is 16.2. The fraction of sp³-hybridized carbons (Fsp3) is 0.647. The van der Waals surface area contributed by atoms with Crippen molar-refractivity contribution in [2.75, 3.05) is 44.2 Å². The second kappa shape index (κ2) is 7.75. The number of pyridine rings is 1. The predicted molar refractivity (Wildman–Crippen MR) is 89.7 cm³/mol. The molecular weight excluding hydrogens is 292 g/mol. The topological polar surface area (TPSA) is 68.7 Å². The molecule has 1 aromatic heterocycles. The minimum absolute atomic E-state index is 0.0601. The molecule has 126 valence electrons. The summed E-state index contributed by atoms with van der Waals surface area (Å²) in [5, 5.41) is 11.4. The lowest BCUT2D eigenvalue weighted by atomic mass is 10.0. The normalized spacial score (nSPS) is 20.0. The van der Waals surface area contributed by atoms with E-state index in [2.05, 4.69) is 20.1 Å². The second-order valence-corrected chi connectivity index (χ2v) is 6.34. The first-order valence-electron chi connectivity index (χ1n) is 8.62. The summed E-state index contributed by atoms with van der Waals surface area (Å²) in [5.74, 6) is -0.229. The first-order chi connectivity index (χ1) is 11.3. The highest BCUT2D eigenvalue weighted by Crippen LogP contribution is 2.25. The van der Waals surface area contributed by atoms with Gasteiger partial charge < -0.3 is 20.2 Å². The lowest BCUT2D eigenvalue weighted by molar-refractivity contribution is 0.0940. The molecular formula is C17H26N4O2. The number of hydrogen-bond donors (Lipinski definition) is 2. The van der Waals surface area contributed by atoms with Gasteiger partial charge in [-0.2, -0.15) is 0 Å². The number of likely N-dealkylation sites (tertiary alicyclic amines) is 1. The Morgan fingerprint density at radius 2 is 2.00 bits per heavy atom. The van der Waals surface area contributed by atoms with Gasteiger partial charge in [-0.3, -0.25) is 9.78 Å². The average molecular weight is 318 g/mol. The molecule has 0 radical (unpaired) electrons. The SMILES string of the molecule is O=C(NCCO)c1cc(N2CCC(N3CCCC3)CC2)ccn1. The Bertz CT molecular complexity index is 523. The smallest absolute Gasteiger partial charge is 0.270 e. The van der Waals surface area contributed by atoms with Crippen molar-refractivity contribution in [3.8, 4) is 0 Å². The van der Waals surface area contributed by atoms with Crippen molar-refractivity contribution in [1.82, 2.24) is 15.2 Å². The number of nitrogens with one attached hydrogen (secondary N) is 1. The van der Waals surface area contributed by atoms with E-state index >= 15 is 0 Å². The number of nitrogens with zero attached hydrogens (tertiary/aromatic N) is 3. The Balaban J connectivity index is 1.58. The molecule has 2 saturated heterocycles. The Morgan fingerprint density at radius 3 is 2.70 bits per heavy atom. The predicted octanol–water partition coefficient (Wildman–Crippen LogP) is 0.868. The quantitative estimate of drug-likeness (QED) is 0.843. The molecule has 3 heterocycles. The zero-order valence-corrected chi connectivity index (χ0v) is 13.6. The van der Waals surface area contributed by atoms with Gasteiger partial charge in [0, 0.05) is 37.6 Å². The highest BCUT2D eigenvalue weighted by atomic mass is 16.3. The number of carbonyl (C=O) groups is 1. The molecule has 2 fully saturated rings. The number of aromatic nitrogens is 1. The monoisotopic (exact) mass is 318 g/mol. The zero-order valence-electron chi connectivity index (χ0n) is 13.6. The molecule has 6 nitrogen and oxygen atoms in total. The minimum atomic E-state index is -0.229. The van der Waals surface area contributed by atoms with Crippen LogP contribution in [0.2, 0.25) is 0 Å². The van der Waals surface area contributed by atoms with Gasteiger partial charge in [-0.25, -0.2) is 0 Å². The van der Waals surface area contributed by atoms with E-state index in [0.29, 0.717) is 5.69 Å². The van der Waals surface area contributed by atoms with Gasteiger partial charge in [0.05, 0.1) is 6.61 Å². The van der Waals surface area contributed by atoms with E-state index in [0.717, 1.165) is 24.8 Å². The van der Waals surface area contributed by atoms with Crippen LogP contribution in [0.3, 0.4) is 0 Å². The van der Waals surface area contributed by atoms with E-state index in [1.807, 2.05) is 12.1 Å². The average Bonchev–Trinajstić information content (AvgIpc) is 3.14. The third kappa shape index (κ3) is 4.00. The summed E-state index contributed by atoms with van der Waals surface area (Å²) in [6.45, 7) is 4.78. The van der Waals surface area contributed by atoms with Crippen molar-refractivity contribution in [2.24, 2.45) is 0 Å². The third-order valence-corrected chi connectivity index (χ3v) is 4.86. The van der Waals surface area contributed by atoms with Crippen LogP contribution in [0.25, 0.3) is 0 Å². The van der Waals surface area contributed by atoms with Gasteiger partial charge in [0.2, 0.25) is 0 Å². The molecule has 0 unspecified atom stereocenters. The zero-order chi connectivity index (χ0) is 16.1. The van der Waals surface area contributed by atoms with E-state index in [-0.39, 0.29) is 19.1 Å². The maximum atomic E-state index is 12.0. The molecule has 2 aliphatic heterocycles. The van der Waals surface area contributed by atoms with Gasteiger partial charge in [-0.1, -0.05) is 0 Å². The van der Waals surface area contributed by atoms with E-state index in [1.54, 1.807) is 6.20 Å². The van der Waals surface area contributed by atoms with Crippen molar-refractivity contribution in [1.29, 1.82) is 0 Å². The van der Waals surface area contributed by atoms with Crippen LogP contribution in [-0.2, 0) is 0 Å². The van der Waals surface area contributed by atoms with Crippen LogP contribution in [-0.4, -0.2) is 66.3 Å². The van der Waals surface area contributed by atoms with Crippen LogP contribution in [0.5, 0.6) is 0 Å². The summed E-state index contributed by atoms with van der Waals surface area (Å²) in [7, 11) is 0. The maximum absolute atomic E-state index is 12.0. The first-order valence-corrected chi connectivity index (χ1v) is 8.62. The number of aliphatic hydroxyl groups is 1. The lowest BCUT2D eigenvalue weighted by Gasteiger charge is -2.37. The van der Waals surface area contributed by atoms with E-state index in [1.165, 1.54) is 38.8 Å². The van der Waals surface area contributed by atoms with Crippen LogP contribution < -0.4 is 10.2 Å². The fourth-order valence-electron chi connectivity index (χ4n) is 3.60. The molecule has 0 aliphatic carbocycles. The summed E-state index contributed by atoms with van der Waals surface area (Å²) in [6.07, 6.45) is 6.76. The van der Waals surface area contributed by atoms with Crippen molar-refractivity contribution < 1.29 is 9.90 Å². The number of carbonyl (C=O) groups excluding carboxylic acids is 1. The fourth-order valence-corrected chi connectivity index (χ4v) is 3.60. The van der Waals surface area contributed by atoms with Crippen LogP contribution in [0.1, 0.15) is 36.2 Å². The highest BCUT2D eigenvalue weighted by Gasteiger charge is 2.26. The summed E-state index contributed by atoms with van der Waals surface area (Å²) < 4.78 is 0. The molecule has 1 amide bonds. The molecule has 0 aromatic carbocycles. The van der Waals surface area contributed by atoms with Gasteiger partial charge in [-0.15, -0.1) is 0 Å². The molecule has 0 atom stereocenters. The number of hydrogen-bond acceptors (Lipinski definition) is 5. The number of aliphatic hydroxyl groups excluding tert-OH is 1. The van der Waals surface area contributed by atoms with E-state index in [9.17, 15) is 4.79 Å². The van der Waals surface area contributed by atoms with Crippen molar-refractivity contribution in [2.45, 2.75) is 31.7 Å². The van der Waals surface area contributed by atoms with Crippen LogP contribution in [0.4, 0.5) is 5.69 Å². The van der Waals surface area contributed by atoms with Crippen molar-refractivity contribution in [3.05, 3.63) is 24.0 Å². The Kier molecular flexibility index (Phi) is 5.46. The molecule has 0 spiro atoms. The molecule has 2 aliphatic rings. The number of amides is 1. The van der Waals surface area contributed by atoms with Gasteiger partial charge >= 0.3 is 0 Å². The van der Waals surface area contributed by atoms with E-state index < -0.39 is 0 Å². The molecule has 6 heteroatoms. The molecule has 0 saturated carbocycles. The summed E-state index contributed by atoms with van der Waals surface area (Å²) in [5.41, 5.74) is 1.48. The van der Waals surface area contributed by atoms with E-state index in [4.69, 9.17) is 5.11 Å². The molecule has 3 rings (SSSR count). The Morgan fingerprint density at radius 1 is 1.26 bits per heavy atom. The second-order valence-electron chi connectivity index (χ2n) is 6.34. The number of anilines is 1. The van der Waals surface area contributed by atoms with Crippen LogP contribution in [0.15, 0.2) is 18.3 Å². The van der Waals surface area contributed by atoms with Gasteiger partial charge in [0.25, 0.3) is 5.91 Å². The third-order valence-electron chi connectivity index (χ3n) is 4.86. The summed E-state index contributed by atoms with van der Waals surface area (Å²) in [6, 6.07) is 4.55. The summed E-state index contributed by atoms with van der Waals surface area (Å²) in [4.78, 5) is 21.1. The standard InChI is InChI=1S/C17H26N4O2/c22-12-7-19-17(23)16-13-15(3-6-18-16)21-10-4-14(5-11-21)20-8-1-2-9-20/h3,6,13-14,22H,1-2,4-5,7-12H2,(H,19,23). The largest absolute Gasteiger partial charge is 0.395 e. The Hall–Kier alpha value is -1.66. The summed E-state index contributed by atoms with van der Waals surface area (Å²) >= 11 is 0. The number of rotatable bonds is 5. The molecule has 1 aromatic rings. The maximum Gasteiger partial charge on any atom is 0.270 e. The molecule has 0 bridgehead atoms. The number of piperidine rings is 1. The Labute approximate surface area is 137 Å². The molecule has 2 N–H and O–H groups in total. The lowest BCUT2D eigenvalue weighted by Crippen LogP contribution is -2.44. The minimum Gasteiger partial charge on any atom is -0.395 e. The van der Waals surface area contributed by atoms with Crippen molar-refractivity contribution >= 4 is 11.6 Å². The van der Waals surface area contributed by atoms with Crippen molar-refractivity contribution in [3.63, 3.8) is 0 Å². The highest BCUT2D eigenvalue weighted by molar-refractivity contribution is 5.93. The molecule has 23 heavy (non-hydrogen) atoms. The van der Waals surface area contributed by atoms with Gasteiger partial charge in [0.15, 0.2) is 0 Å². The van der Waals surface area contributed by atoms with Gasteiger partial charge in [0.1, 0.15) is 5.69 Å². The van der Waals surface area contributed by atoms with Gasteiger partial charge in [-0.05, 0) is 50.9 Å². The van der Waals surface area contributed by atoms with Crippen LogP contribution >= 0.6 is 0 Å². The van der Waals surface area contributed by atoms with Crippen LogP contribution in [0, 0.1) is 0 Å².